The van der Waals surface area contributed by atoms with Crippen LogP contribution in [0.4, 0.5) is 10.8 Å². The van der Waals surface area contributed by atoms with Crippen molar-refractivity contribution in [3.63, 3.8) is 0 Å². The number of nitrogens with zero attached hydrogens (tertiary/aromatic N) is 4. The van der Waals surface area contributed by atoms with Crippen LogP contribution in [-0.2, 0) is 5.75 Å². The van der Waals surface area contributed by atoms with Gasteiger partial charge in [0.05, 0.1) is 11.6 Å². The Morgan fingerprint density at radius 1 is 1.17 bits per heavy atom. The lowest BCUT2D eigenvalue weighted by Crippen LogP contribution is -2.18. The van der Waals surface area contributed by atoms with E-state index in [1.807, 2.05) is 36.4 Å². The summed E-state index contributed by atoms with van der Waals surface area (Å²) in [6.45, 7) is 3.17. The lowest BCUT2D eigenvalue weighted by molar-refractivity contribution is 0.102. The first kappa shape index (κ1) is 21.8. The van der Waals surface area contributed by atoms with Gasteiger partial charge in [-0.2, -0.15) is 5.26 Å². The van der Waals surface area contributed by atoms with Crippen molar-refractivity contribution >= 4 is 39.8 Å². The van der Waals surface area contributed by atoms with Gasteiger partial charge in [-0.1, -0.05) is 48.6 Å². The highest BCUT2D eigenvalue weighted by atomic mass is 32.2. The molecule has 0 aliphatic carbocycles. The Morgan fingerprint density at radius 2 is 1.90 bits per heavy atom. The normalized spacial score (nSPS) is 10.4. The third-order valence-corrected chi connectivity index (χ3v) is 6.53. The molecule has 0 aliphatic heterocycles. The second kappa shape index (κ2) is 10.8. The van der Waals surface area contributed by atoms with E-state index in [1.54, 1.807) is 23.9 Å². The molecule has 3 aromatic rings. The molecule has 2 aromatic carbocycles. The standard InChI is InChI=1S/C22H23N5OS2/c1-3-4-13-27(2)19-11-9-18(10-12-19)20(28)24-21-25-26-22(30-21)29-15-17-7-5-16(14-23)6-8-17/h5-12H,3-4,13,15H2,1-2H3,(H,24,25,28). The molecule has 3 rings (SSSR count). The monoisotopic (exact) mass is 437 g/mol. The molecule has 8 heteroatoms. The maximum atomic E-state index is 12.5. The predicted molar refractivity (Wildman–Crippen MR) is 123 cm³/mol. The highest BCUT2D eigenvalue weighted by molar-refractivity contribution is 8.00. The number of carbonyl (C=O) groups is 1. The lowest BCUT2D eigenvalue weighted by atomic mass is 10.2. The molecule has 0 saturated carbocycles. The summed E-state index contributed by atoms with van der Waals surface area (Å²) in [5.74, 6) is 0.527. The molecule has 6 nitrogen and oxygen atoms in total. The number of rotatable bonds is 9. The second-order valence-corrected chi connectivity index (χ2v) is 8.95. The predicted octanol–water partition coefficient (Wildman–Crippen LogP) is 5.19. The van der Waals surface area contributed by atoms with Crippen molar-refractivity contribution in [3.05, 3.63) is 65.2 Å². The van der Waals surface area contributed by atoms with Crippen LogP contribution < -0.4 is 10.2 Å². The first-order chi connectivity index (χ1) is 14.6. The van der Waals surface area contributed by atoms with E-state index in [0.29, 0.717) is 16.3 Å². The van der Waals surface area contributed by atoms with Crippen molar-refractivity contribution in [1.29, 1.82) is 5.26 Å². The molecule has 0 atom stereocenters. The Kier molecular flexibility index (Phi) is 7.82. The second-order valence-electron chi connectivity index (χ2n) is 6.75. The van der Waals surface area contributed by atoms with Gasteiger partial charge in [0, 0.05) is 30.6 Å². The fourth-order valence-electron chi connectivity index (χ4n) is 2.70. The van der Waals surface area contributed by atoms with E-state index in [-0.39, 0.29) is 5.91 Å². The molecular weight excluding hydrogens is 414 g/mol. The smallest absolute Gasteiger partial charge is 0.257 e. The molecule has 0 spiro atoms. The van der Waals surface area contributed by atoms with Crippen LogP contribution in [0.3, 0.4) is 0 Å². The number of amides is 1. The summed E-state index contributed by atoms with van der Waals surface area (Å²) in [4.78, 5) is 14.7. The van der Waals surface area contributed by atoms with Crippen molar-refractivity contribution in [3.8, 4) is 6.07 Å². The minimum atomic E-state index is -0.197. The van der Waals surface area contributed by atoms with Crippen molar-refractivity contribution in [2.45, 2.75) is 29.9 Å². The van der Waals surface area contributed by atoms with Crippen LogP contribution in [0.1, 0.15) is 41.3 Å². The van der Waals surface area contributed by atoms with Crippen LogP contribution in [0.2, 0.25) is 0 Å². The summed E-state index contributed by atoms with van der Waals surface area (Å²) in [5, 5.41) is 20.4. The number of hydrogen-bond donors (Lipinski definition) is 1. The Morgan fingerprint density at radius 3 is 2.57 bits per heavy atom. The molecule has 0 unspecified atom stereocenters. The van der Waals surface area contributed by atoms with E-state index >= 15 is 0 Å². The van der Waals surface area contributed by atoms with Gasteiger partial charge in [0.25, 0.3) is 5.91 Å². The Hall–Kier alpha value is -2.89. The highest BCUT2D eigenvalue weighted by Crippen LogP contribution is 2.28. The van der Waals surface area contributed by atoms with E-state index in [2.05, 4.69) is 40.5 Å². The molecule has 0 saturated heterocycles. The van der Waals surface area contributed by atoms with Crippen molar-refractivity contribution in [1.82, 2.24) is 10.2 Å². The number of carbonyl (C=O) groups excluding carboxylic acids is 1. The Labute approximate surface area is 185 Å². The number of nitrogens with one attached hydrogen (secondary N) is 1. The Bertz CT molecular complexity index is 1010. The van der Waals surface area contributed by atoms with Gasteiger partial charge >= 0.3 is 0 Å². The van der Waals surface area contributed by atoms with Crippen LogP contribution in [-0.4, -0.2) is 29.7 Å². The number of nitriles is 1. The van der Waals surface area contributed by atoms with Gasteiger partial charge in [-0.15, -0.1) is 10.2 Å². The minimum absolute atomic E-state index is 0.197. The molecule has 1 N–H and O–H groups in total. The summed E-state index contributed by atoms with van der Waals surface area (Å²) in [5.41, 5.74) is 3.43. The summed E-state index contributed by atoms with van der Waals surface area (Å²) in [7, 11) is 2.06. The fourth-order valence-corrected chi connectivity index (χ4v) is 4.40. The zero-order chi connectivity index (χ0) is 21.3. The zero-order valence-corrected chi connectivity index (χ0v) is 18.6. The summed E-state index contributed by atoms with van der Waals surface area (Å²) in [6.07, 6.45) is 2.29. The van der Waals surface area contributed by atoms with Crippen molar-refractivity contribution < 1.29 is 4.79 Å². The van der Waals surface area contributed by atoms with Crippen LogP contribution in [0.5, 0.6) is 0 Å². The molecule has 1 amide bonds. The van der Waals surface area contributed by atoms with Gasteiger partial charge in [0.1, 0.15) is 0 Å². The number of unbranched alkanes of at least 4 members (excludes halogenated alkanes) is 1. The van der Waals surface area contributed by atoms with Gasteiger partial charge in [0.15, 0.2) is 4.34 Å². The molecule has 154 valence electrons. The SMILES string of the molecule is CCCCN(C)c1ccc(C(=O)Nc2nnc(SCc3ccc(C#N)cc3)s2)cc1. The molecule has 0 radical (unpaired) electrons. The van der Waals surface area contributed by atoms with Crippen molar-refractivity contribution in [2.24, 2.45) is 0 Å². The maximum Gasteiger partial charge on any atom is 0.257 e. The van der Waals surface area contributed by atoms with E-state index < -0.39 is 0 Å². The quantitative estimate of drug-likeness (QED) is 0.366. The third kappa shape index (κ3) is 6.05. The first-order valence-corrected chi connectivity index (χ1v) is 11.5. The molecule has 0 bridgehead atoms. The third-order valence-electron chi connectivity index (χ3n) is 4.49. The van der Waals surface area contributed by atoms with Crippen LogP contribution in [0.25, 0.3) is 0 Å². The van der Waals surface area contributed by atoms with E-state index in [1.165, 1.54) is 11.3 Å². The topological polar surface area (TPSA) is 81.9 Å². The number of benzene rings is 2. The molecular formula is C22H23N5OS2. The number of hydrogen-bond acceptors (Lipinski definition) is 7. The summed E-state index contributed by atoms with van der Waals surface area (Å²) >= 11 is 2.90. The molecule has 0 aliphatic rings. The number of thioether (sulfide) groups is 1. The van der Waals surface area contributed by atoms with Crippen LogP contribution >= 0.6 is 23.1 Å². The molecule has 1 aromatic heterocycles. The van der Waals surface area contributed by atoms with Gasteiger partial charge < -0.3 is 4.90 Å². The molecule has 0 fully saturated rings. The highest BCUT2D eigenvalue weighted by Gasteiger charge is 2.11. The van der Waals surface area contributed by atoms with Crippen LogP contribution in [0, 0.1) is 11.3 Å². The van der Waals surface area contributed by atoms with Gasteiger partial charge in [-0.05, 0) is 48.4 Å². The van der Waals surface area contributed by atoms with E-state index in [9.17, 15) is 4.79 Å². The largest absolute Gasteiger partial charge is 0.375 e. The van der Waals surface area contributed by atoms with Crippen molar-refractivity contribution in [2.75, 3.05) is 23.8 Å². The summed E-state index contributed by atoms with van der Waals surface area (Å²) < 4.78 is 0.780. The zero-order valence-electron chi connectivity index (χ0n) is 17.0. The molecule has 30 heavy (non-hydrogen) atoms. The first-order valence-electron chi connectivity index (χ1n) is 9.67. The average Bonchev–Trinajstić information content (AvgIpc) is 3.23. The Balaban J connectivity index is 1.53. The maximum absolute atomic E-state index is 12.5. The minimum Gasteiger partial charge on any atom is -0.375 e. The van der Waals surface area contributed by atoms with Gasteiger partial charge in [-0.25, -0.2) is 0 Å². The van der Waals surface area contributed by atoms with Crippen LogP contribution in [0.15, 0.2) is 52.9 Å². The van der Waals surface area contributed by atoms with E-state index in [0.717, 1.165) is 40.7 Å². The summed E-state index contributed by atoms with van der Waals surface area (Å²) in [6, 6.07) is 17.1. The van der Waals surface area contributed by atoms with Gasteiger partial charge in [0.2, 0.25) is 5.13 Å². The average molecular weight is 438 g/mol. The fraction of sp³-hybridized carbons (Fsp3) is 0.273. The number of aromatic nitrogens is 2. The number of anilines is 2. The molecule has 1 heterocycles. The van der Waals surface area contributed by atoms with E-state index in [4.69, 9.17) is 5.26 Å². The lowest BCUT2D eigenvalue weighted by Gasteiger charge is -2.19. The van der Waals surface area contributed by atoms with Gasteiger partial charge in [-0.3, -0.25) is 10.1 Å².